The summed E-state index contributed by atoms with van der Waals surface area (Å²) < 4.78 is 61.6. The number of nitrogens with one attached hydrogen (secondary N) is 2. The molecule has 0 aromatic heterocycles. The Hall–Kier alpha value is -2.24. The van der Waals surface area contributed by atoms with Gasteiger partial charge in [0.1, 0.15) is 23.1 Å². The Morgan fingerprint density at radius 1 is 1.04 bits per heavy atom. The maximum atomic E-state index is 13.7. The van der Waals surface area contributed by atoms with E-state index in [0.29, 0.717) is 11.3 Å². The molecule has 0 fully saturated rings. The van der Waals surface area contributed by atoms with Gasteiger partial charge in [0, 0.05) is 37.3 Å². The van der Waals surface area contributed by atoms with Gasteiger partial charge in [0.25, 0.3) is 0 Å². The Kier molecular flexibility index (Phi) is 9.83. The lowest BCUT2D eigenvalue weighted by Crippen LogP contribution is -2.36. The number of benzene rings is 2. The topological polar surface area (TPSA) is 54.9 Å². The molecule has 154 valence electrons. The third kappa shape index (κ3) is 7.06. The Balaban J connectivity index is 0.00000392. The average molecular weight is 513 g/mol. The predicted molar refractivity (Wildman–Crippen MR) is 108 cm³/mol. The van der Waals surface area contributed by atoms with Crippen LogP contribution in [0, 0.1) is 11.6 Å². The van der Waals surface area contributed by atoms with Gasteiger partial charge in [-0.1, -0.05) is 0 Å². The average Bonchev–Trinajstić information content (AvgIpc) is 2.64. The van der Waals surface area contributed by atoms with Gasteiger partial charge in [0.15, 0.2) is 5.96 Å². The molecule has 0 saturated heterocycles. The molecule has 0 unspecified atom stereocenters. The molecule has 2 rings (SSSR count). The first-order valence-corrected chi connectivity index (χ1v) is 7.93. The van der Waals surface area contributed by atoms with Crippen LogP contribution >= 0.6 is 24.0 Å². The zero-order chi connectivity index (χ0) is 19.8. The van der Waals surface area contributed by atoms with Crippen molar-refractivity contribution in [3.8, 4) is 11.5 Å². The molecule has 0 bridgehead atoms. The smallest absolute Gasteiger partial charge is 0.387 e. The SMILES string of the molecule is CN=C(NCc1cc(F)ccc1F)NCc1ccc(OC)cc1OC(F)F.I. The lowest BCUT2D eigenvalue weighted by atomic mass is 10.2. The molecule has 0 aliphatic rings. The number of alkyl halides is 2. The van der Waals surface area contributed by atoms with E-state index in [0.717, 1.165) is 18.2 Å². The summed E-state index contributed by atoms with van der Waals surface area (Å²) in [5.41, 5.74) is 0.570. The molecule has 2 aromatic rings. The minimum absolute atomic E-state index is 0. The highest BCUT2D eigenvalue weighted by Gasteiger charge is 2.12. The van der Waals surface area contributed by atoms with Crippen molar-refractivity contribution < 1.29 is 27.0 Å². The van der Waals surface area contributed by atoms with Gasteiger partial charge in [-0.05, 0) is 30.3 Å². The summed E-state index contributed by atoms with van der Waals surface area (Å²) in [5, 5.41) is 5.72. The van der Waals surface area contributed by atoms with E-state index in [4.69, 9.17) is 4.74 Å². The molecule has 0 aliphatic heterocycles. The van der Waals surface area contributed by atoms with Gasteiger partial charge in [-0.2, -0.15) is 8.78 Å². The molecular weight excluding hydrogens is 493 g/mol. The molecule has 0 amide bonds. The van der Waals surface area contributed by atoms with Gasteiger partial charge in [-0.3, -0.25) is 4.99 Å². The van der Waals surface area contributed by atoms with E-state index < -0.39 is 18.2 Å². The molecule has 28 heavy (non-hydrogen) atoms. The lowest BCUT2D eigenvalue weighted by molar-refractivity contribution is -0.0505. The maximum Gasteiger partial charge on any atom is 0.387 e. The van der Waals surface area contributed by atoms with Crippen molar-refractivity contribution in [3.05, 3.63) is 59.2 Å². The molecule has 0 aliphatic carbocycles. The molecule has 2 N–H and O–H groups in total. The van der Waals surface area contributed by atoms with Crippen LogP contribution in [0.5, 0.6) is 11.5 Å². The molecule has 0 spiro atoms. The van der Waals surface area contributed by atoms with Gasteiger partial charge >= 0.3 is 6.61 Å². The third-order valence-corrected chi connectivity index (χ3v) is 3.61. The summed E-state index contributed by atoms with van der Waals surface area (Å²) in [4.78, 5) is 3.96. The van der Waals surface area contributed by atoms with Gasteiger partial charge in [0.05, 0.1) is 7.11 Å². The first-order valence-electron chi connectivity index (χ1n) is 7.93. The van der Waals surface area contributed by atoms with Gasteiger partial charge in [0.2, 0.25) is 0 Å². The van der Waals surface area contributed by atoms with E-state index in [1.807, 2.05) is 0 Å². The van der Waals surface area contributed by atoms with Crippen molar-refractivity contribution in [2.45, 2.75) is 19.7 Å². The summed E-state index contributed by atoms with van der Waals surface area (Å²) >= 11 is 0. The summed E-state index contributed by atoms with van der Waals surface area (Å²) in [6.45, 7) is -2.88. The third-order valence-electron chi connectivity index (χ3n) is 3.61. The molecule has 0 heterocycles. The Morgan fingerprint density at radius 3 is 2.32 bits per heavy atom. The number of aliphatic imine (C=N–C) groups is 1. The number of methoxy groups -OCH3 is 1. The normalized spacial score (nSPS) is 11.0. The lowest BCUT2D eigenvalue weighted by Gasteiger charge is -2.15. The fourth-order valence-electron chi connectivity index (χ4n) is 2.27. The molecule has 5 nitrogen and oxygen atoms in total. The summed E-state index contributed by atoms with van der Waals surface area (Å²) in [5.74, 6) is -0.496. The van der Waals surface area contributed by atoms with Crippen molar-refractivity contribution in [1.82, 2.24) is 10.6 Å². The van der Waals surface area contributed by atoms with Gasteiger partial charge < -0.3 is 20.1 Å². The van der Waals surface area contributed by atoms with Crippen LogP contribution in [0.2, 0.25) is 0 Å². The largest absolute Gasteiger partial charge is 0.497 e. The standard InChI is InChI=1S/C18H19F4N3O2.HI/c1-23-18(25-10-12-7-13(19)4-6-15(12)20)24-9-11-3-5-14(26-2)8-16(11)27-17(21)22;/h3-8,17H,9-10H2,1-2H3,(H2,23,24,25);1H. The van der Waals surface area contributed by atoms with E-state index in [1.165, 1.54) is 20.2 Å². The van der Waals surface area contributed by atoms with Crippen LogP contribution in [0.1, 0.15) is 11.1 Å². The zero-order valence-electron chi connectivity index (χ0n) is 15.1. The quantitative estimate of drug-likeness (QED) is 0.254. The molecule has 0 saturated carbocycles. The fraction of sp³-hybridized carbons (Fsp3) is 0.278. The Morgan fingerprint density at radius 2 is 1.71 bits per heavy atom. The van der Waals surface area contributed by atoms with E-state index in [9.17, 15) is 17.6 Å². The fourth-order valence-corrected chi connectivity index (χ4v) is 2.27. The number of hydrogen-bond donors (Lipinski definition) is 2. The van der Waals surface area contributed by atoms with Crippen molar-refractivity contribution in [2.24, 2.45) is 4.99 Å². The van der Waals surface area contributed by atoms with Crippen LogP contribution in [-0.2, 0) is 13.1 Å². The predicted octanol–water partition coefficient (Wildman–Crippen LogP) is 4.06. The zero-order valence-corrected chi connectivity index (χ0v) is 17.5. The summed E-state index contributed by atoms with van der Waals surface area (Å²) in [7, 11) is 2.90. The molecule has 2 aromatic carbocycles. The molecule has 10 heteroatoms. The van der Waals surface area contributed by atoms with Gasteiger partial charge in [-0.25, -0.2) is 8.78 Å². The van der Waals surface area contributed by atoms with Crippen molar-refractivity contribution >= 4 is 29.9 Å². The van der Waals surface area contributed by atoms with Gasteiger partial charge in [-0.15, -0.1) is 24.0 Å². The van der Waals surface area contributed by atoms with Crippen molar-refractivity contribution in [3.63, 3.8) is 0 Å². The number of rotatable bonds is 7. The van der Waals surface area contributed by atoms with Crippen molar-refractivity contribution in [1.29, 1.82) is 0 Å². The number of hydrogen-bond acceptors (Lipinski definition) is 3. The second-order valence-corrected chi connectivity index (χ2v) is 5.37. The monoisotopic (exact) mass is 513 g/mol. The van der Waals surface area contributed by atoms with Crippen LogP contribution < -0.4 is 20.1 Å². The Labute approximate surface area is 177 Å². The van der Waals surface area contributed by atoms with Crippen LogP contribution in [0.4, 0.5) is 17.6 Å². The highest BCUT2D eigenvalue weighted by Crippen LogP contribution is 2.26. The van der Waals surface area contributed by atoms with Crippen LogP contribution in [-0.4, -0.2) is 26.7 Å². The number of ether oxygens (including phenoxy) is 2. The summed E-state index contributed by atoms with van der Waals surface area (Å²) in [6, 6.07) is 7.67. The van der Waals surface area contributed by atoms with Crippen LogP contribution in [0.15, 0.2) is 41.4 Å². The number of nitrogens with zero attached hydrogens (tertiary/aromatic N) is 1. The van der Waals surface area contributed by atoms with E-state index in [1.54, 1.807) is 12.1 Å². The van der Waals surface area contributed by atoms with E-state index in [2.05, 4.69) is 20.4 Å². The maximum absolute atomic E-state index is 13.7. The van der Waals surface area contributed by atoms with Crippen LogP contribution in [0.3, 0.4) is 0 Å². The first kappa shape index (κ1) is 23.8. The molecule has 0 radical (unpaired) electrons. The van der Waals surface area contributed by atoms with Crippen LogP contribution in [0.25, 0.3) is 0 Å². The molecule has 0 atom stereocenters. The highest BCUT2D eigenvalue weighted by atomic mass is 127. The summed E-state index contributed by atoms with van der Waals surface area (Å²) in [6.07, 6.45) is 0. The second kappa shape index (κ2) is 11.6. The number of guanidine groups is 1. The minimum atomic E-state index is -2.98. The minimum Gasteiger partial charge on any atom is -0.497 e. The molecular formula is C18H20F4IN3O2. The van der Waals surface area contributed by atoms with E-state index in [-0.39, 0.29) is 54.3 Å². The first-order chi connectivity index (χ1) is 12.9. The second-order valence-electron chi connectivity index (χ2n) is 5.37. The Bertz CT molecular complexity index is 806. The number of halogens is 5. The highest BCUT2D eigenvalue weighted by molar-refractivity contribution is 14.0. The van der Waals surface area contributed by atoms with E-state index >= 15 is 0 Å². The van der Waals surface area contributed by atoms with Crippen molar-refractivity contribution in [2.75, 3.05) is 14.2 Å².